The van der Waals surface area contributed by atoms with Gasteiger partial charge in [0.2, 0.25) is 5.91 Å². The van der Waals surface area contributed by atoms with Gasteiger partial charge in [0.25, 0.3) is 0 Å². The van der Waals surface area contributed by atoms with Crippen molar-refractivity contribution < 1.29 is 4.79 Å². The molecule has 2 rings (SSSR count). The van der Waals surface area contributed by atoms with Crippen LogP contribution in [0.25, 0.3) is 0 Å². The van der Waals surface area contributed by atoms with Gasteiger partial charge in [-0.15, -0.1) is 0 Å². The number of rotatable bonds is 4. The van der Waals surface area contributed by atoms with Crippen LogP contribution in [0.3, 0.4) is 0 Å². The highest BCUT2D eigenvalue weighted by Gasteiger charge is 2.40. The van der Waals surface area contributed by atoms with Gasteiger partial charge >= 0.3 is 0 Å². The van der Waals surface area contributed by atoms with E-state index >= 15 is 0 Å². The van der Waals surface area contributed by atoms with Crippen LogP contribution in [0.15, 0.2) is 30.3 Å². The van der Waals surface area contributed by atoms with Gasteiger partial charge in [0.1, 0.15) is 0 Å². The van der Waals surface area contributed by atoms with E-state index in [2.05, 4.69) is 17.0 Å². The highest BCUT2D eigenvalue weighted by molar-refractivity contribution is 5.86. The Balaban J connectivity index is 2.14. The molecule has 2 N–H and O–H groups in total. The quantitative estimate of drug-likeness (QED) is 0.900. The summed E-state index contributed by atoms with van der Waals surface area (Å²) in [7, 11) is 1.87. The van der Waals surface area contributed by atoms with Gasteiger partial charge in [0.15, 0.2) is 0 Å². The molecule has 1 aliphatic heterocycles. The van der Waals surface area contributed by atoms with E-state index in [0.717, 1.165) is 19.6 Å². The molecule has 4 nitrogen and oxygen atoms in total. The molecule has 20 heavy (non-hydrogen) atoms. The third-order valence-corrected chi connectivity index (χ3v) is 4.36. The summed E-state index contributed by atoms with van der Waals surface area (Å²) >= 11 is 0. The summed E-state index contributed by atoms with van der Waals surface area (Å²) in [6.07, 6.45) is 0. The molecule has 1 unspecified atom stereocenters. The van der Waals surface area contributed by atoms with Crippen molar-refractivity contribution in [2.45, 2.75) is 25.3 Å². The number of hydrogen-bond acceptors (Lipinski definition) is 3. The maximum Gasteiger partial charge on any atom is 0.242 e. The maximum atomic E-state index is 12.3. The lowest BCUT2D eigenvalue weighted by Gasteiger charge is -2.46. The van der Waals surface area contributed by atoms with E-state index < -0.39 is 5.54 Å². The zero-order valence-corrected chi connectivity index (χ0v) is 12.7. The van der Waals surface area contributed by atoms with Crippen molar-refractivity contribution in [1.29, 1.82) is 0 Å². The first kappa shape index (κ1) is 15.0. The molecular weight excluding hydrogens is 250 g/mol. The van der Waals surface area contributed by atoms with Crippen molar-refractivity contribution in [2.24, 2.45) is 5.73 Å². The molecule has 0 aromatic heterocycles. The molecule has 1 aliphatic rings. The van der Waals surface area contributed by atoms with Crippen LogP contribution in [0, 0.1) is 0 Å². The van der Waals surface area contributed by atoms with Gasteiger partial charge in [-0.3, -0.25) is 9.69 Å². The van der Waals surface area contributed by atoms with Crippen molar-refractivity contribution in [2.75, 3.05) is 33.2 Å². The Morgan fingerprint density at radius 2 is 1.90 bits per heavy atom. The lowest BCUT2D eigenvalue weighted by atomic mass is 9.92. The van der Waals surface area contributed by atoms with Crippen LogP contribution >= 0.6 is 0 Å². The smallest absolute Gasteiger partial charge is 0.242 e. The van der Waals surface area contributed by atoms with Gasteiger partial charge in [-0.2, -0.15) is 0 Å². The second-order valence-corrected chi connectivity index (χ2v) is 6.08. The Morgan fingerprint density at radius 3 is 2.50 bits per heavy atom. The summed E-state index contributed by atoms with van der Waals surface area (Å²) in [5.74, 6) is 0.458. The molecule has 1 fully saturated rings. The molecule has 1 atom stereocenters. The molecule has 1 aromatic rings. The van der Waals surface area contributed by atoms with Crippen molar-refractivity contribution in [3.05, 3.63) is 35.9 Å². The number of nitrogens with two attached hydrogens (primary N) is 1. The molecule has 0 bridgehead atoms. The van der Waals surface area contributed by atoms with Crippen LogP contribution in [-0.4, -0.2) is 54.5 Å². The number of benzene rings is 1. The number of piperazine rings is 1. The minimum absolute atomic E-state index is 0.188. The molecule has 1 saturated heterocycles. The Hall–Kier alpha value is -1.39. The SMILES string of the molecule is CN1CCN(CC(CN)c2ccccc2)C(C)(C)C1=O. The van der Waals surface area contributed by atoms with Crippen molar-refractivity contribution >= 4 is 5.91 Å². The van der Waals surface area contributed by atoms with Crippen molar-refractivity contribution in [1.82, 2.24) is 9.80 Å². The number of carbonyl (C=O) groups is 1. The summed E-state index contributed by atoms with van der Waals surface area (Å²) in [5.41, 5.74) is 6.75. The van der Waals surface area contributed by atoms with Crippen molar-refractivity contribution in [3.63, 3.8) is 0 Å². The molecular formula is C16H25N3O. The summed E-state index contributed by atoms with van der Waals surface area (Å²) in [4.78, 5) is 16.4. The van der Waals surface area contributed by atoms with E-state index in [0.29, 0.717) is 6.54 Å². The van der Waals surface area contributed by atoms with E-state index in [9.17, 15) is 4.79 Å². The summed E-state index contributed by atoms with van der Waals surface area (Å²) in [6.45, 7) is 7.12. The predicted molar refractivity (Wildman–Crippen MR) is 81.5 cm³/mol. The molecule has 0 saturated carbocycles. The van der Waals surface area contributed by atoms with Crippen LogP contribution in [0.1, 0.15) is 25.3 Å². The van der Waals surface area contributed by atoms with Gasteiger partial charge in [-0.05, 0) is 19.4 Å². The number of amides is 1. The van der Waals surface area contributed by atoms with Gasteiger partial charge in [0.05, 0.1) is 5.54 Å². The van der Waals surface area contributed by atoms with Crippen LogP contribution in [-0.2, 0) is 4.79 Å². The Labute approximate surface area is 121 Å². The maximum absolute atomic E-state index is 12.3. The number of nitrogens with zero attached hydrogens (tertiary/aromatic N) is 2. The van der Waals surface area contributed by atoms with E-state index in [-0.39, 0.29) is 11.8 Å². The predicted octanol–water partition coefficient (Wildman–Crippen LogP) is 1.28. The van der Waals surface area contributed by atoms with Gasteiger partial charge in [0, 0.05) is 39.1 Å². The van der Waals surface area contributed by atoms with Gasteiger partial charge in [-0.1, -0.05) is 30.3 Å². The second-order valence-electron chi connectivity index (χ2n) is 6.08. The first-order valence-electron chi connectivity index (χ1n) is 7.22. The summed E-state index contributed by atoms with van der Waals surface area (Å²) < 4.78 is 0. The first-order chi connectivity index (χ1) is 9.46. The second kappa shape index (κ2) is 5.94. The number of likely N-dealkylation sites (N-methyl/N-ethyl adjacent to an activating group) is 1. The van der Waals surface area contributed by atoms with E-state index in [1.165, 1.54) is 5.56 Å². The minimum atomic E-state index is -0.449. The van der Waals surface area contributed by atoms with E-state index in [1.807, 2.05) is 44.0 Å². The largest absolute Gasteiger partial charge is 0.343 e. The zero-order valence-electron chi connectivity index (χ0n) is 12.7. The topological polar surface area (TPSA) is 49.6 Å². The highest BCUT2D eigenvalue weighted by Crippen LogP contribution is 2.25. The van der Waals surface area contributed by atoms with Gasteiger partial charge in [-0.25, -0.2) is 0 Å². The minimum Gasteiger partial charge on any atom is -0.343 e. The fraction of sp³-hybridized carbons (Fsp3) is 0.562. The zero-order chi connectivity index (χ0) is 14.8. The van der Waals surface area contributed by atoms with Gasteiger partial charge < -0.3 is 10.6 Å². The van der Waals surface area contributed by atoms with E-state index in [1.54, 1.807) is 0 Å². The third-order valence-electron chi connectivity index (χ3n) is 4.36. The standard InChI is InChI=1S/C16H25N3O/c1-16(2)15(20)18(3)9-10-19(16)12-14(11-17)13-7-5-4-6-8-13/h4-8,14H,9-12,17H2,1-3H3. The first-order valence-corrected chi connectivity index (χ1v) is 7.22. The molecule has 0 radical (unpaired) electrons. The Bertz CT molecular complexity index is 458. The fourth-order valence-corrected chi connectivity index (χ4v) is 2.88. The van der Waals surface area contributed by atoms with Crippen LogP contribution < -0.4 is 5.73 Å². The normalized spacial score (nSPS) is 21.0. The average molecular weight is 275 g/mol. The number of carbonyl (C=O) groups excluding carboxylic acids is 1. The highest BCUT2D eigenvalue weighted by atomic mass is 16.2. The van der Waals surface area contributed by atoms with E-state index in [4.69, 9.17) is 5.73 Å². The molecule has 1 heterocycles. The monoisotopic (exact) mass is 275 g/mol. The van der Waals surface area contributed by atoms with Crippen LogP contribution in [0.2, 0.25) is 0 Å². The fourth-order valence-electron chi connectivity index (χ4n) is 2.88. The summed E-state index contributed by atoms with van der Waals surface area (Å²) in [5, 5.41) is 0. The number of hydrogen-bond donors (Lipinski definition) is 1. The average Bonchev–Trinajstić information content (AvgIpc) is 2.45. The van der Waals surface area contributed by atoms with Crippen LogP contribution in [0.5, 0.6) is 0 Å². The molecule has 0 aliphatic carbocycles. The molecule has 110 valence electrons. The summed E-state index contributed by atoms with van der Waals surface area (Å²) in [6, 6.07) is 10.3. The Morgan fingerprint density at radius 1 is 1.25 bits per heavy atom. The third kappa shape index (κ3) is 2.86. The molecule has 1 amide bonds. The lowest BCUT2D eigenvalue weighted by molar-refractivity contribution is -0.147. The van der Waals surface area contributed by atoms with Crippen molar-refractivity contribution in [3.8, 4) is 0 Å². The van der Waals surface area contributed by atoms with Crippen LogP contribution in [0.4, 0.5) is 0 Å². The molecule has 0 spiro atoms. The lowest BCUT2D eigenvalue weighted by Crippen LogP contribution is -2.62. The molecule has 4 heteroatoms. The Kier molecular flexibility index (Phi) is 4.45. The molecule has 1 aromatic carbocycles.